The van der Waals surface area contributed by atoms with Crippen LogP contribution in [0.4, 0.5) is 18.9 Å². The summed E-state index contributed by atoms with van der Waals surface area (Å²) in [5.41, 5.74) is -0.915. The summed E-state index contributed by atoms with van der Waals surface area (Å²) in [5, 5.41) is 2.88. The van der Waals surface area contributed by atoms with Crippen LogP contribution >= 0.6 is 0 Å². The van der Waals surface area contributed by atoms with Gasteiger partial charge in [0, 0.05) is 36.3 Å². The molecule has 2 N–H and O–H groups in total. The number of carbonyl (C=O) groups excluding carboxylic acids is 2. The number of amides is 2. The number of likely N-dealkylation sites (tertiary alicyclic amines) is 1. The summed E-state index contributed by atoms with van der Waals surface area (Å²) in [6.07, 6.45) is -3.52. The van der Waals surface area contributed by atoms with Gasteiger partial charge in [0.15, 0.2) is 0 Å². The van der Waals surface area contributed by atoms with E-state index in [1.54, 1.807) is 4.90 Å². The van der Waals surface area contributed by atoms with E-state index in [1.807, 2.05) is 13.8 Å². The Balaban J connectivity index is 1.64. The summed E-state index contributed by atoms with van der Waals surface area (Å²) in [6.45, 7) is 4.59. The van der Waals surface area contributed by atoms with Crippen molar-refractivity contribution >= 4 is 27.5 Å². The number of hydrogen-bond acceptors (Lipinski definition) is 4. The lowest BCUT2D eigenvalue weighted by molar-refractivity contribution is -0.137. The zero-order valence-corrected chi connectivity index (χ0v) is 19.5. The molecule has 1 heterocycles. The quantitative estimate of drug-likeness (QED) is 0.633. The van der Waals surface area contributed by atoms with Crippen LogP contribution in [0.5, 0.6) is 0 Å². The SMILES string of the molecule is CC(C)NC(=O)C1CCN(C(=O)c2ccc(S(=O)(=O)Nc3cccc(C(F)(F)F)c3)cc2)CC1. The molecule has 2 aromatic rings. The zero-order valence-electron chi connectivity index (χ0n) is 18.7. The van der Waals surface area contributed by atoms with Crippen molar-refractivity contribution in [3.8, 4) is 0 Å². The Hall–Kier alpha value is -3.08. The highest BCUT2D eigenvalue weighted by molar-refractivity contribution is 7.92. The van der Waals surface area contributed by atoms with Crippen molar-refractivity contribution in [2.75, 3.05) is 17.8 Å². The van der Waals surface area contributed by atoms with Gasteiger partial charge in [-0.05, 0) is 69.2 Å². The summed E-state index contributed by atoms with van der Waals surface area (Å²) < 4.78 is 65.9. The van der Waals surface area contributed by atoms with Gasteiger partial charge in [-0.25, -0.2) is 8.42 Å². The van der Waals surface area contributed by atoms with Crippen LogP contribution in [0.2, 0.25) is 0 Å². The molecular weight excluding hydrogens is 471 g/mol. The topological polar surface area (TPSA) is 95.6 Å². The number of carbonyl (C=O) groups is 2. The average Bonchev–Trinajstić information content (AvgIpc) is 2.77. The predicted octanol–water partition coefficient (Wildman–Crippen LogP) is 3.88. The molecule has 0 bridgehead atoms. The third-order valence-electron chi connectivity index (χ3n) is 5.44. The van der Waals surface area contributed by atoms with E-state index in [1.165, 1.54) is 30.3 Å². The fourth-order valence-electron chi connectivity index (χ4n) is 3.68. The average molecular weight is 498 g/mol. The lowest BCUT2D eigenvalue weighted by Gasteiger charge is -2.31. The van der Waals surface area contributed by atoms with E-state index < -0.39 is 21.8 Å². The second-order valence-corrected chi connectivity index (χ2v) is 10.1. The Morgan fingerprint density at radius 1 is 1.03 bits per heavy atom. The van der Waals surface area contributed by atoms with E-state index in [2.05, 4.69) is 10.0 Å². The third kappa shape index (κ3) is 6.28. The van der Waals surface area contributed by atoms with E-state index in [0.29, 0.717) is 32.0 Å². The van der Waals surface area contributed by atoms with Crippen molar-refractivity contribution < 1.29 is 31.2 Å². The summed E-state index contributed by atoms with van der Waals surface area (Å²) in [5.74, 6) is -0.455. The Bertz CT molecular complexity index is 1140. The number of benzene rings is 2. The summed E-state index contributed by atoms with van der Waals surface area (Å²) >= 11 is 0. The molecule has 0 spiro atoms. The van der Waals surface area contributed by atoms with Crippen molar-refractivity contribution in [3.05, 3.63) is 59.7 Å². The van der Waals surface area contributed by atoms with Crippen LogP contribution in [0.15, 0.2) is 53.4 Å². The molecule has 7 nitrogen and oxygen atoms in total. The van der Waals surface area contributed by atoms with Gasteiger partial charge >= 0.3 is 6.18 Å². The maximum Gasteiger partial charge on any atom is 0.416 e. The number of rotatable bonds is 6. The van der Waals surface area contributed by atoms with Gasteiger partial charge in [-0.15, -0.1) is 0 Å². The molecule has 0 unspecified atom stereocenters. The van der Waals surface area contributed by atoms with Gasteiger partial charge in [-0.1, -0.05) is 6.07 Å². The highest BCUT2D eigenvalue weighted by Gasteiger charge is 2.31. The minimum Gasteiger partial charge on any atom is -0.354 e. The summed E-state index contributed by atoms with van der Waals surface area (Å²) in [7, 11) is -4.16. The van der Waals surface area contributed by atoms with Crippen LogP contribution < -0.4 is 10.0 Å². The molecule has 1 aliphatic rings. The number of alkyl halides is 3. The first-order valence-corrected chi connectivity index (χ1v) is 12.2. The molecule has 1 saturated heterocycles. The van der Waals surface area contributed by atoms with Crippen LogP contribution in [0.25, 0.3) is 0 Å². The second kappa shape index (κ2) is 10.0. The summed E-state index contributed by atoms with van der Waals surface area (Å²) in [6, 6.07) is 9.11. The van der Waals surface area contributed by atoms with Crippen molar-refractivity contribution in [2.45, 2.75) is 43.8 Å². The molecule has 1 fully saturated rings. The fourth-order valence-corrected chi connectivity index (χ4v) is 4.73. The van der Waals surface area contributed by atoms with E-state index in [-0.39, 0.29) is 39.9 Å². The van der Waals surface area contributed by atoms with Crippen molar-refractivity contribution in [3.63, 3.8) is 0 Å². The minimum atomic E-state index is -4.60. The number of piperidine rings is 1. The molecular formula is C23H26F3N3O4S. The van der Waals surface area contributed by atoms with Crippen LogP contribution in [-0.2, 0) is 21.0 Å². The predicted molar refractivity (Wildman–Crippen MR) is 121 cm³/mol. The third-order valence-corrected chi connectivity index (χ3v) is 6.83. The maximum absolute atomic E-state index is 12.9. The monoisotopic (exact) mass is 497 g/mol. The van der Waals surface area contributed by atoms with Gasteiger partial charge in [0.1, 0.15) is 0 Å². The van der Waals surface area contributed by atoms with Gasteiger partial charge < -0.3 is 10.2 Å². The molecule has 184 valence electrons. The van der Waals surface area contributed by atoms with Crippen LogP contribution in [0.1, 0.15) is 42.6 Å². The van der Waals surface area contributed by atoms with Crippen molar-refractivity contribution in [2.24, 2.45) is 5.92 Å². The standard InChI is InChI=1S/C23H26F3N3O4S/c1-15(2)27-21(30)16-10-12-29(13-11-16)22(31)17-6-8-20(9-7-17)34(32,33)28-19-5-3-4-18(14-19)23(24,25)26/h3-9,14-16,28H,10-13H2,1-2H3,(H,27,30). The molecule has 3 rings (SSSR count). The van der Waals surface area contributed by atoms with Crippen molar-refractivity contribution in [1.29, 1.82) is 0 Å². The first kappa shape index (κ1) is 25.5. The molecule has 0 atom stereocenters. The van der Waals surface area contributed by atoms with Crippen LogP contribution in [-0.4, -0.2) is 44.3 Å². The van der Waals surface area contributed by atoms with Gasteiger partial charge in [0.2, 0.25) is 5.91 Å². The Morgan fingerprint density at radius 3 is 2.21 bits per heavy atom. The Kier molecular flexibility index (Phi) is 7.54. The lowest BCUT2D eigenvalue weighted by Crippen LogP contribution is -2.44. The Morgan fingerprint density at radius 2 is 1.65 bits per heavy atom. The molecule has 0 saturated carbocycles. The summed E-state index contributed by atoms with van der Waals surface area (Å²) in [4.78, 5) is 26.4. The van der Waals surface area contributed by atoms with Gasteiger partial charge in [0.05, 0.1) is 10.5 Å². The number of nitrogens with zero attached hydrogens (tertiary/aromatic N) is 1. The second-order valence-electron chi connectivity index (χ2n) is 8.44. The number of anilines is 1. The van der Waals surface area contributed by atoms with E-state index in [4.69, 9.17) is 0 Å². The largest absolute Gasteiger partial charge is 0.416 e. The van der Waals surface area contributed by atoms with Crippen LogP contribution in [0.3, 0.4) is 0 Å². The first-order valence-electron chi connectivity index (χ1n) is 10.8. The highest BCUT2D eigenvalue weighted by Crippen LogP contribution is 2.31. The molecule has 0 radical (unpaired) electrons. The van der Waals surface area contributed by atoms with Gasteiger partial charge in [-0.2, -0.15) is 13.2 Å². The number of halogens is 3. The van der Waals surface area contributed by atoms with Gasteiger partial charge in [-0.3, -0.25) is 14.3 Å². The van der Waals surface area contributed by atoms with E-state index in [0.717, 1.165) is 12.1 Å². The molecule has 1 aliphatic heterocycles. The molecule has 11 heteroatoms. The highest BCUT2D eigenvalue weighted by atomic mass is 32.2. The maximum atomic E-state index is 12.9. The number of nitrogens with one attached hydrogen (secondary N) is 2. The lowest BCUT2D eigenvalue weighted by atomic mass is 9.95. The normalized spacial score (nSPS) is 15.3. The molecule has 2 amide bonds. The van der Waals surface area contributed by atoms with E-state index in [9.17, 15) is 31.2 Å². The fraction of sp³-hybridized carbons (Fsp3) is 0.391. The number of hydrogen-bond donors (Lipinski definition) is 2. The minimum absolute atomic E-state index is 0.0232. The van der Waals surface area contributed by atoms with Crippen LogP contribution in [0, 0.1) is 5.92 Å². The molecule has 0 aromatic heterocycles. The molecule has 34 heavy (non-hydrogen) atoms. The first-order chi connectivity index (χ1) is 15.9. The smallest absolute Gasteiger partial charge is 0.354 e. The van der Waals surface area contributed by atoms with Gasteiger partial charge in [0.25, 0.3) is 15.9 Å². The van der Waals surface area contributed by atoms with E-state index >= 15 is 0 Å². The van der Waals surface area contributed by atoms with Crippen molar-refractivity contribution in [1.82, 2.24) is 10.2 Å². The molecule has 0 aliphatic carbocycles. The number of sulfonamides is 1. The molecule has 2 aromatic carbocycles. The Labute approximate surface area is 196 Å². The zero-order chi connectivity index (χ0) is 25.1.